The van der Waals surface area contributed by atoms with Crippen LogP contribution in [0.15, 0.2) is 76.3 Å². The Labute approximate surface area is 169 Å². The molecule has 0 atom stereocenters. The zero-order chi connectivity index (χ0) is 20.6. The maximum absolute atomic E-state index is 13.4. The number of guanidine groups is 1. The van der Waals surface area contributed by atoms with Crippen LogP contribution in [-0.4, -0.2) is 30.9 Å². The molecule has 3 aromatic rings. The molecule has 0 saturated carbocycles. The number of amides is 1. The molecular weight excluding hydrogens is 371 g/mol. The minimum atomic E-state index is -0.300. The molecule has 2 N–H and O–H groups in total. The van der Waals surface area contributed by atoms with E-state index >= 15 is 0 Å². The molecule has 1 aromatic heterocycles. The van der Waals surface area contributed by atoms with Gasteiger partial charge in [-0.25, -0.2) is 4.39 Å². The average Bonchev–Trinajstić information content (AvgIpc) is 3.24. The highest BCUT2D eigenvalue weighted by molar-refractivity contribution is 6.02. The van der Waals surface area contributed by atoms with Crippen LogP contribution in [0.2, 0.25) is 0 Å². The van der Waals surface area contributed by atoms with Gasteiger partial charge in [0.15, 0.2) is 11.7 Å². The number of furan rings is 1. The summed E-state index contributed by atoms with van der Waals surface area (Å²) >= 11 is 0. The molecule has 0 aliphatic rings. The van der Waals surface area contributed by atoms with Crippen LogP contribution in [0.1, 0.15) is 21.7 Å². The molecule has 3 rings (SSSR count). The maximum atomic E-state index is 13.4. The van der Waals surface area contributed by atoms with Crippen LogP contribution in [0.25, 0.3) is 0 Å². The number of rotatable bonds is 6. The maximum Gasteiger partial charge on any atom is 0.291 e. The van der Waals surface area contributed by atoms with Gasteiger partial charge < -0.3 is 20.0 Å². The van der Waals surface area contributed by atoms with Crippen molar-refractivity contribution >= 4 is 17.6 Å². The Kier molecular flexibility index (Phi) is 6.63. The van der Waals surface area contributed by atoms with Crippen molar-refractivity contribution in [1.82, 2.24) is 10.2 Å². The molecule has 0 unspecified atom stereocenters. The lowest BCUT2D eigenvalue weighted by Gasteiger charge is -2.22. The first-order valence-electron chi connectivity index (χ1n) is 9.15. The van der Waals surface area contributed by atoms with E-state index in [1.54, 1.807) is 25.2 Å². The lowest BCUT2D eigenvalue weighted by atomic mass is 10.2. The number of aliphatic imine (C=N–C) groups is 1. The molecule has 0 fully saturated rings. The Morgan fingerprint density at radius 3 is 2.62 bits per heavy atom. The number of halogens is 1. The van der Waals surface area contributed by atoms with Gasteiger partial charge in [-0.05, 0) is 47.5 Å². The number of carbonyl (C=O) groups is 1. The first kappa shape index (κ1) is 20.1. The van der Waals surface area contributed by atoms with Crippen LogP contribution in [0.3, 0.4) is 0 Å². The number of anilines is 1. The van der Waals surface area contributed by atoms with Crippen LogP contribution in [0.5, 0.6) is 0 Å². The number of nitrogens with zero attached hydrogens (tertiary/aromatic N) is 2. The smallest absolute Gasteiger partial charge is 0.291 e. The second-order valence-electron chi connectivity index (χ2n) is 6.52. The van der Waals surface area contributed by atoms with Crippen molar-refractivity contribution in [1.29, 1.82) is 0 Å². The Balaban J connectivity index is 1.58. The summed E-state index contributed by atoms with van der Waals surface area (Å²) in [5.41, 5.74) is 2.51. The summed E-state index contributed by atoms with van der Waals surface area (Å²) in [6.45, 7) is 1.04. The zero-order valence-electron chi connectivity index (χ0n) is 16.4. The molecule has 0 bridgehead atoms. The molecule has 7 heteroatoms. The summed E-state index contributed by atoms with van der Waals surface area (Å²) in [7, 11) is 3.59. The Morgan fingerprint density at radius 1 is 1.10 bits per heavy atom. The second-order valence-corrected chi connectivity index (χ2v) is 6.52. The van der Waals surface area contributed by atoms with E-state index < -0.39 is 0 Å². The van der Waals surface area contributed by atoms with Gasteiger partial charge in [-0.2, -0.15) is 0 Å². The molecule has 1 heterocycles. The largest absolute Gasteiger partial charge is 0.459 e. The summed E-state index contributed by atoms with van der Waals surface area (Å²) < 4.78 is 18.5. The predicted octanol–water partition coefficient (Wildman–Crippen LogP) is 3.88. The minimum absolute atomic E-state index is 0.257. The molecule has 0 aliphatic heterocycles. The van der Waals surface area contributed by atoms with E-state index in [9.17, 15) is 9.18 Å². The van der Waals surface area contributed by atoms with Gasteiger partial charge in [0.2, 0.25) is 0 Å². The lowest BCUT2D eigenvalue weighted by molar-refractivity contribution is 0.0996. The van der Waals surface area contributed by atoms with E-state index in [4.69, 9.17) is 4.42 Å². The molecule has 2 aromatic carbocycles. The molecule has 6 nitrogen and oxygen atoms in total. The fourth-order valence-corrected chi connectivity index (χ4v) is 2.91. The van der Waals surface area contributed by atoms with E-state index in [1.165, 1.54) is 18.4 Å². The molecule has 0 aliphatic carbocycles. The normalized spacial score (nSPS) is 11.2. The van der Waals surface area contributed by atoms with Crippen LogP contribution in [0.4, 0.5) is 10.1 Å². The van der Waals surface area contributed by atoms with Crippen molar-refractivity contribution < 1.29 is 13.6 Å². The van der Waals surface area contributed by atoms with Gasteiger partial charge in [-0.15, -0.1) is 0 Å². The van der Waals surface area contributed by atoms with E-state index in [2.05, 4.69) is 15.6 Å². The number of hydrogen-bond donors (Lipinski definition) is 2. The van der Waals surface area contributed by atoms with Gasteiger partial charge in [0.1, 0.15) is 5.82 Å². The first-order valence-corrected chi connectivity index (χ1v) is 9.15. The quantitative estimate of drug-likeness (QED) is 0.492. The van der Waals surface area contributed by atoms with Crippen molar-refractivity contribution in [3.05, 3.63) is 89.6 Å². The van der Waals surface area contributed by atoms with Crippen LogP contribution >= 0.6 is 0 Å². The van der Waals surface area contributed by atoms with Gasteiger partial charge in [-0.1, -0.05) is 24.3 Å². The molecule has 0 saturated heterocycles. The first-order chi connectivity index (χ1) is 14.0. The third kappa shape index (κ3) is 5.68. The van der Waals surface area contributed by atoms with Gasteiger partial charge in [-0.3, -0.25) is 9.79 Å². The standard InChI is InChI=1S/C22H23FN4O2/c1-24-22(27(2)15-17-7-3-8-18(23)12-17)25-14-16-6-4-9-19(13-16)26-21(28)20-10-5-11-29-20/h3-13H,14-15H2,1-2H3,(H,24,25)(H,26,28). The van der Waals surface area contributed by atoms with Crippen molar-refractivity contribution in [2.45, 2.75) is 13.1 Å². The summed E-state index contributed by atoms with van der Waals surface area (Å²) in [6.07, 6.45) is 1.46. The third-order valence-corrected chi connectivity index (χ3v) is 4.26. The zero-order valence-corrected chi connectivity index (χ0v) is 16.4. The number of nitrogens with one attached hydrogen (secondary N) is 2. The molecule has 0 radical (unpaired) electrons. The lowest BCUT2D eigenvalue weighted by Crippen LogP contribution is -2.38. The number of benzene rings is 2. The molecule has 29 heavy (non-hydrogen) atoms. The van der Waals surface area contributed by atoms with Gasteiger partial charge in [0.25, 0.3) is 5.91 Å². The van der Waals surface area contributed by atoms with Crippen molar-refractivity contribution in [2.24, 2.45) is 4.99 Å². The minimum Gasteiger partial charge on any atom is -0.459 e. The fraction of sp³-hybridized carbons (Fsp3) is 0.182. The van der Waals surface area contributed by atoms with Gasteiger partial charge in [0.05, 0.1) is 6.26 Å². The Hall–Kier alpha value is -3.61. The molecule has 150 valence electrons. The monoisotopic (exact) mass is 394 g/mol. The highest BCUT2D eigenvalue weighted by atomic mass is 19.1. The second kappa shape index (κ2) is 9.54. The summed E-state index contributed by atoms with van der Waals surface area (Å²) in [5, 5.41) is 6.09. The van der Waals surface area contributed by atoms with Crippen LogP contribution in [-0.2, 0) is 13.1 Å². The average molecular weight is 394 g/mol. The highest BCUT2D eigenvalue weighted by Gasteiger charge is 2.10. The van der Waals surface area contributed by atoms with E-state index in [-0.39, 0.29) is 17.5 Å². The van der Waals surface area contributed by atoms with Crippen molar-refractivity contribution in [2.75, 3.05) is 19.4 Å². The predicted molar refractivity (Wildman–Crippen MR) is 111 cm³/mol. The van der Waals surface area contributed by atoms with E-state index in [1.807, 2.05) is 42.3 Å². The van der Waals surface area contributed by atoms with Crippen molar-refractivity contribution in [3.8, 4) is 0 Å². The van der Waals surface area contributed by atoms with Crippen LogP contribution in [0, 0.1) is 5.82 Å². The topological polar surface area (TPSA) is 69.9 Å². The molecule has 0 spiro atoms. The number of carbonyl (C=O) groups excluding carboxylic acids is 1. The molecular formula is C22H23FN4O2. The Morgan fingerprint density at radius 2 is 1.90 bits per heavy atom. The fourth-order valence-electron chi connectivity index (χ4n) is 2.91. The highest BCUT2D eigenvalue weighted by Crippen LogP contribution is 2.13. The third-order valence-electron chi connectivity index (χ3n) is 4.26. The van der Waals surface area contributed by atoms with E-state index in [0.29, 0.717) is 24.7 Å². The van der Waals surface area contributed by atoms with Crippen molar-refractivity contribution in [3.63, 3.8) is 0 Å². The van der Waals surface area contributed by atoms with E-state index in [0.717, 1.165) is 11.1 Å². The number of hydrogen-bond acceptors (Lipinski definition) is 3. The van der Waals surface area contributed by atoms with Gasteiger partial charge in [0, 0.05) is 32.9 Å². The SMILES string of the molecule is CN=C(NCc1cccc(NC(=O)c2ccco2)c1)N(C)Cc1cccc(F)c1. The molecule has 1 amide bonds. The van der Waals surface area contributed by atoms with Crippen LogP contribution < -0.4 is 10.6 Å². The summed E-state index contributed by atoms with van der Waals surface area (Å²) in [5.74, 6) is 0.380. The summed E-state index contributed by atoms with van der Waals surface area (Å²) in [4.78, 5) is 18.3. The summed E-state index contributed by atoms with van der Waals surface area (Å²) in [6, 6.07) is 17.3. The van der Waals surface area contributed by atoms with Gasteiger partial charge >= 0.3 is 0 Å². The Bertz CT molecular complexity index is 986.